The van der Waals surface area contributed by atoms with Gasteiger partial charge in [-0.15, -0.1) is 0 Å². The summed E-state index contributed by atoms with van der Waals surface area (Å²) in [6, 6.07) is 7.05. The van der Waals surface area contributed by atoms with Crippen molar-refractivity contribution >= 4 is 11.6 Å². The Balaban J connectivity index is 1.94. The first kappa shape index (κ1) is 14.2. The fourth-order valence-electron chi connectivity index (χ4n) is 2.36. The molecule has 0 saturated heterocycles. The normalized spacial score (nSPS) is 16.4. The zero-order valence-electron chi connectivity index (χ0n) is 11.6. The van der Waals surface area contributed by atoms with Gasteiger partial charge in [-0.2, -0.15) is 5.26 Å². The molecule has 0 heterocycles. The van der Waals surface area contributed by atoms with E-state index in [0.717, 1.165) is 12.8 Å². The highest BCUT2D eigenvalue weighted by atomic mass is 16.5. The summed E-state index contributed by atoms with van der Waals surface area (Å²) in [4.78, 5) is 12.0. The molecule has 0 bridgehead atoms. The molecule has 5 nitrogen and oxygen atoms in total. The highest BCUT2D eigenvalue weighted by molar-refractivity contribution is 5.81. The molecule has 1 aliphatic carbocycles. The third-order valence-corrected chi connectivity index (χ3v) is 3.51. The van der Waals surface area contributed by atoms with E-state index in [1.807, 2.05) is 6.07 Å². The average molecular weight is 273 g/mol. The molecular weight excluding hydrogens is 254 g/mol. The predicted octanol–water partition coefficient (Wildman–Crippen LogP) is 1.97. The van der Waals surface area contributed by atoms with Gasteiger partial charge in [-0.3, -0.25) is 4.79 Å². The van der Waals surface area contributed by atoms with Gasteiger partial charge in [0.1, 0.15) is 5.75 Å². The summed E-state index contributed by atoms with van der Waals surface area (Å²) >= 11 is 0. The number of hydrogen-bond acceptors (Lipinski definition) is 4. The molecule has 1 fully saturated rings. The van der Waals surface area contributed by atoms with Gasteiger partial charge < -0.3 is 15.8 Å². The van der Waals surface area contributed by atoms with Gasteiger partial charge in [0, 0.05) is 6.04 Å². The van der Waals surface area contributed by atoms with Crippen molar-refractivity contribution in [3.8, 4) is 11.8 Å². The molecule has 5 heteroatoms. The Morgan fingerprint density at radius 1 is 1.50 bits per heavy atom. The number of benzene rings is 1. The number of nitriles is 1. The predicted molar refractivity (Wildman–Crippen MR) is 76.1 cm³/mol. The Kier molecular flexibility index (Phi) is 4.46. The molecule has 0 radical (unpaired) electrons. The molecule has 106 valence electrons. The standard InChI is InChI=1S/C15H19N3O2/c1-10(15(19)18-12-4-2-3-5-12)20-14-7-6-11(9-16)8-13(14)17/h6-8,10,12H,2-5,17H2,1H3,(H,18,19). The highest BCUT2D eigenvalue weighted by Crippen LogP contribution is 2.24. The quantitative estimate of drug-likeness (QED) is 0.821. The van der Waals surface area contributed by atoms with Gasteiger partial charge in [0.15, 0.2) is 6.10 Å². The maximum Gasteiger partial charge on any atom is 0.260 e. The molecule has 1 aliphatic rings. The minimum absolute atomic E-state index is 0.124. The van der Waals surface area contributed by atoms with Crippen molar-refractivity contribution < 1.29 is 9.53 Å². The number of rotatable bonds is 4. The van der Waals surface area contributed by atoms with Gasteiger partial charge in [-0.05, 0) is 38.0 Å². The third kappa shape index (κ3) is 3.41. The van der Waals surface area contributed by atoms with E-state index in [0.29, 0.717) is 17.0 Å². The minimum atomic E-state index is -0.606. The first-order valence-electron chi connectivity index (χ1n) is 6.87. The van der Waals surface area contributed by atoms with Crippen LogP contribution < -0.4 is 15.8 Å². The zero-order valence-corrected chi connectivity index (χ0v) is 11.6. The summed E-state index contributed by atoms with van der Waals surface area (Å²) in [6.45, 7) is 1.70. The Bertz CT molecular complexity index is 530. The number of anilines is 1. The average Bonchev–Trinajstić information content (AvgIpc) is 2.93. The van der Waals surface area contributed by atoms with Crippen molar-refractivity contribution in [3.05, 3.63) is 23.8 Å². The fraction of sp³-hybridized carbons (Fsp3) is 0.467. The molecule has 1 amide bonds. The van der Waals surface area contributed by atoms with E-state index >= 15 is 0 Å². The molecular formula is C15H19N3O2. The smallest absolute Gasteiger partial charge is 0.260 e. The molecule has 3 N–H and O–H groups in total. The van der Waals surface area contributed by atoms with E-state index in [2.05, 4.69) is 5.32 Å². The molecule has 1 aromatic carbocycles. The number of nitrogens with zero attached hydrogens (tertiary/aromatic N) is 1. The lowest BCUT2D eigenvalue weighted by Gasteiger charge is -2.18. The molecule has 0 spiro atoms. The van der Waals surface area contributed by atoms with Crippen LogP contribution in [0.25, 0.3) is 0 Å². The second-order valence-electron chi connectivity index (χ2n) is 5.11. The topological polar surface area (TPSA) is 88.1 Å². The van der Waals surface area contributed by atoms with E-state index < -0.39 is 6.10 Å². The number of ether oxygens (including phenoxy) is 1. The number of hydrogen-bond donors (Lipinski definition) is 2. The third-order valence-electron chi connectivity index (χ3n) is 3.51. The van der Waals surface area contributed by atoms with Gasteiger partial charge in [-0.25, -0.2) is 0 Å². The van der Waals surface area contributed by atoms with E-state index in [-0.39, 0.29) is 11.9 Å². The summed E-state index contributed by atoms with van der Waals surface area (Å²) in [6.07, 6.45) is 3.81. The molecule has 0 aromatic heterocycles. The van der Waals surface area contributed by atoms with Crippen LogP contribution in [0.1, 0.15) is 38.2 Å². The van der Waals surface area contributed by atoms with Crippen molar-refractivity contribution in [2.24, 2.45) is 0 Å². The van der Waals surface area contributed by atoms with Crippen LogP contribution in [0.2, 0.25) is 0 Å². The van der Waals surface area contributed by atoms with Crippen LogP contribution in [0.5, 0.6) is 5.75 Å². The van der Waals surface area contributed by atoms with Gasteiger partial charge in [0.2, 0.25) is 0 Å². The maximum absolute atomic E-state index is 12.0. The SMILES string of the molecule is CC(Oc1ccc(C#N)cc1N)C(=O)NC1CCCC1. The Morgan fingerprint density at radius 3 is 2.80 bits per heavy atom. The van der Waals surface area contributed by atoms with Crippen molar-refractivity contribution in [3.63, 3.8) is 0 Å². The molecule has 1 atom stereocenters. The molecule has 1 aromatic rings. The van der Waals surface area contributed by atoms with Crippen LogP contribution in [0, 0.1) is 11.3 Å². The van der Waals surface area contributed by atoms with Crippen LogP contribution >= 0.6 is 0 Å². The van der Waals surface area contributed by atoms with Gasteiger partial charge in [0.25, 0.3) is 5.91 Å². The van der Waals surface area contributed by atoms with Gasteiger partial charge in [-0.1, -0.05) is 12.8 Å². The van der Waals surface area contributed by atoms with Crippen LogP contribution in [0.3, 0.4) is 0 Å². The lowest BCUT2D eigenvalue weighted by Crippen LogP contribution is -2.41. The lowest BCUT2D eigenvalue weighted by atomic mass is 10.2. The zero-order chi connectivity index (χ0) is 14.5. The molecule has 1 saturated carbocycles. The van der Waals surface area contributed by atoms with Crippen LogP contribution in [-0.4, -0.2) is 18.1 Å². The van der Waals surface area contributed by atoms with E-state index in [1.165, 1.54) is 18.9 Å². The summed E-state index contributed by atoms with van der Waals surface area (Å²) in [5.74, 6) is 0.304. The summed E-state index contributed by atoms with van der Waals surface area (Å²) in [5, 5.41) is 11.8. The van der Waals surface area contributed by atoms with Crippen molar-refractivity contribution in [1.29, 1.82) is 5.26 Å². The summed E-state index contributed by atoms with van der Waals surface area (Å²) in [5.41, 5.74) is 6.64. The van der Waals surface area contributed by atoms with Crippen LogP contribution in [-0.2, 0) is 4.79 Å². The second-order valence-corrected chi connectivity index (χ2v) is 5.11. The van der Waals surface area contributed by atoms with Crippen LogP contribution in [0.15, 0.2) is 18.2 Å². The molecule has 2 rings (SSSR count). The van der Waals surface area contributed by atoms with Crippen LogP contribution in [0.4, 0.5) is 5.69 Å². The largest absolute Gasteiger partial charge is 0.479 e. The van der Waals surface area contributed by atoms with E-state index in [4.69, 9.17) is 15.7 Å². The molecule has 20 heavy (non-hydrogen) atoms. The van der Waals surface area contributed by atoms with E-state index in [1.54, 1.807) is 19.1 Å². The summed E-state index contributed by atoms with van der Waals surface area (Å²) < 4.78 is 5.57. The number of nitrogens with one attached hydrogen (secondary N) is 1. The minimum Gasteiger partial charge on any atom is -0.479 e. The fourth-order valence-corrected chi connectivity index (χ4v) is 2.36. The Hall–Kier alpha value is -2.22. The highest BCUT2D eigenvalue weighted by Gasteiger charge is 2.22. The van der Waals surface area contributed by atoms with Crippen molar-refractivity contribution in [2.45, 2.75) is 44.8 Å². The van der Waals surface area contributed by atoms with Gasteiger partial charge >= 0.3 is 0 Å². The number of carbonyl (C=O) groups is 1. The number of amides is 1. The monoisotopic (exact) mass is 273 g/mol. The number of nitrogen functional groups attached to an aromatic ring is 1. The van der Waals surface area contributed by atoms with E-state index in [9.17, 15) is 4.79 Å². The second kappa shape index (κ2) is 6.29. The lowest BCUT2D eigenvalue weighted by molar-refractivity contribution is -0.127. The summed E-state index contributed by atoms with van der Waals surface area (Å²) in [7, 11) is 0. The van der Waals surface area contributed by atoms with Crippen molar-refractivity contribution in [2.75, 3.05) is 5.73 Å². The van der Waals surface area contributed by atoms with Gasteiger partial charge in [0.05, 0.1) is 17.3 Å². The Morgan fingerprint density at radius 2 is 2.20 bits per heavy atom. The first-order chi connectivity index (χ1) is 9.60. The number of nitrogens with two attached hydrogens (primary N) is 1. The van der Waals surface area contributed by atoms with Crippen molar-refractivity contribution in [1.82, 2.24) is 5.32 Å². The Labute approximate surface area is 118 Å². The number of carbonyl (C=O) groups excluding carboxylic acids is 1. The molecule has 1 unspecified atom stereocenters. The molecule has 0 aliphatic heterocycles. The first-order valence-corrected chi connectivity index (χ1v) is 6.87. The maximum atomic E-state index is 12.0.